The molecule has 6 nitrogen and oxygen atoms in total. The molecule has 0 bridgehead atoms. The van der Waals surface area contributed by atoms with E-state index in [2.05, 4.69) is 9.97 Å². The van der Waals surface area contributed by atoms with Crippen molar-refractivity contribution in [2.75, 3.05) is 25.1 Å². The standard InChI is InChI=1S/C11H13N3O3S/c1-6-7-9(14(2)3-4-15)12-5-13-10(7)18-8(6)11(16)17/h5,15H,3-4H2,1-2H3,(H,16,17). The first kappa shape index (κ1) is 12.7. The molecule has 2 heterocycles. The van der Waals surface area contributed by atoms with Crippen LogP contribution in [0.1, 0.15) is 15.2 Å². The lowest BCUT2D eigenvalue weighted by Gasteiger charge is -2.17. The molecule has 96 valence electrons. The number of nitrogens with zero attached hydrogens (tertiary/aromatic N) is 3. The van der Waals surface area contributed by atoms with E-state index in [0.29, 0.717) is 22.8 Å². The number of carbonyl (C=O) groups is 1. The van der Waals surface area contributed by atoms with E-state index in [-0.39, 0.29) is 11.5 Å². The van der Waals surface area contributed by atoms with Crippen LogP contribution in [0.15, 0.2) is 6.33 Å². The number of likely N-dealkylation sites (N-methyl/N-ethyl adjacent to an activating group) is 1. The highest BCUT2D eigenvalue weighted by atomic mass is 32.1. The second-order valence-electron chi connectivity index (χ2n) is 3.88. The zero-order valence-electron chi connectivity index (χ0n) is 10.0. The molecule has 0 fully saturated rings. The number of carboxylic acids is 1. The Hall–Kier alpha value is -1.73. The highest BCUT2D eigenvalue weighted by Gasteiger charge is 2.19. The number of hydrogen-bond acceptors (Lipinski definition) is 6. The molecule has 18 heavy (non-hydrogen) atoms. The highest BCUT2D eigenvalue weighted by Crippen LogP contribution is 2.34. The SMILES string of the molecule is Cc1c(C(=O)O)sc2ncnc(N(C)CCO)c12. The molecule has 0 unspecified atom stereocenters. The van der Waals surface area contributed by atoms with Crippen molar-refractivity contribution >= 4 is 33.3 Å². The van der Waals surface area contributed by atoms with Crippen LogP contribution in [0.4, 0.5) is 5.82 Å². The molecule has 0 aliphatic heterocycles. The number of anilines is 1. The Bertz CT molecular complexity index is 596. The summed E-state index contributed by atoms with van der Waals surface area (Å²) in [6.07, 6.45) is 1.41. The molecular formula is C11H13N3O3S. The second-order valence-corrected chi connectivity index (χ2v) is 4.88. The molecule has 0 aliphatic rings. The smallest absolute Gasteiger partial charge is 0.346 e. The maximum Gasteiger partial charge on any atom is 0.346 e. The molecule has 2 aromatic heterocycles. The van der Waals surface area contributed by atoms with Gasteiger partial charge in [0, 0.05) is 13.6 Å². The van der Waals surface area contributed by atoms with Crippen molar-refractivity contribution < 1.29 is 15.0 Å². The summed E-state index contributed by atoms with van der Waals surface area (Å²) in [6, 6.07) is 0. The Morgan fingerprint density at radius 2 is 2.22 bits per heavy atom. The van der Waals surface area contributed by atoms with E-state index in [1.165, 1.54) is 6.33 Å². The lowest BCUT2D eigenvalue weighted by molar-refractivity contribution is 0.0701. The number of carboxylic acid groups (broad SMARTS) is 1. The van der Waals surface area contributed by atoms with Crippen LogP contribution >= 0.6 is 11.3 Å². The van der Waals surface area contributed by atoms with Gasteiger partial charge in [-0.05, 0) is 12.5 Å². The number of aliphatic hydroxyl groups excluding tert-OH is 1. The van der Waals surface area contributed by atoms with Gasteiger partial charge in [-0.1, -0.05) is 0 Å². The van der Waals surface area contributed by atoms with Crippen LogP contribution in [0.25, 0.3) is 10.2 Å². The normalized spacial score (nSPS) is 10.8. The Balaban J connectivity index is 2.65. The fourth-order valence-corrected chi connectivity index (χ4v) is 2.78. The zero-order chi connectivity index (χ0) is 13.3. The predicted octanol–water partition coefficient (Wildman–Crippen LogP) is 1.13. The van der Waals surface area contributed by atoms with E-state index in [9.17, 15) is 4.79 Å². The van der Waals surface area contributed by atoms with Gasteiger partial charge in [0.1, 0.15) is 21.9 Å². The van der Waals surface area contributed by atoms with E-state index >= 15 is 0 Å². The Kier molecular flexibility index (Phi) is 3.44. The monoisotopic (exact) mass is 267 g/mol. The average Bonchev–Trinajstić information content (AvgIpc) is 2.67. The Morgan fingerprint density at radius 1 is 1.50 bits per heavy atom. The number of aromatic nitrogens is 2. The Morgan fingerprint density at radius 3 is 2.83 bits per heavy atom. The summed E-state index contributed by atoms with van der Waals surface area (Å²) in [4.78, 5) is 22.1. The van der Waals surface area contributed by atoms with Gasteiger partial charge in [0.25, 0.3) is 0 Å². The third-order valence-corrected chi connectivity index (χ3v) is 3.89. The third-order valence-electron chi connectivity index (χ3n) is 2.70. The molecule has 0 atom stereocenters. The summed E-state index contributed by atoms with van der Waals surface area (Å²) in [5.74, 6) is -0.304. The molecule has 0 saturated carbocycles. The van der Waals surface area contributed by atoms with Crippen molar-refractivity contribution in [3.63, 3.8) is 0 Å². The van der Waals surface area contributed by atoms with Crippen LogP contribution in [-0.4, -0.2) is 46.3 Å². The van der Waals surface area contributed by atoms with Gasteiger partial charge >= 0.3 is 5.97 Å². The maximum atomic E-state index is 11.1. The van der Waals surface area contributed by atoms with Crippen LogP contribution < -0.4 is 4.90 Å². The summed E-state index contributed by atoms with van der Waals surface area (Å²) in [7, 11) is 1.80. The molecule has 7 heteroatoms. The molecule has 0 saturated heterocycles. The summed E-state index contributed by atoms with van der Waals surface area (Å²) >= 11 is 1.14. The van der Waals surface area contributed by atoms with E-state index in [1.54, 1.807) is 18.9 Å². The topological polar surface area (TPSA) is 86.5 Å². The van der Waals surface area contributed by atoms with Gasteiger partial charge in [0.05, 0.1) is 12.0 Å². The molecule has 0 spiro atoms. The van der Waals surface area contributed by atoms with Crippen molar-refractivity contribution in [3.05, 3.63) is 16.8 Å². The van der Waals surface area contributed by atoms with Crippen molar-refractivity contribution in [3.8, 4) is 0 Å². The molecule has 0 radical (unpaired) electrons. The quantitative estimate of drug-likeness (QED) is 0.863. The zero-order valence-corrected chi connectivity index (χ0v) is 10.9. The van der Waals surface area contributed by atoms with Crippen LogP contribution in [0.3, 0.4) is 0 Å². The predicted molar refractivity (Wildman–Crippen MR) is 69.5 cm³/mol. The van der Waals surface area contributed by atoms with Gasteiger partial charge in [-0.3, -0.25) is 0 Å². The molecule has 2 N–H and O–H groups in total. The van der Waals surface area contributed by atoms with Gasteiger partial charge in [0.15, 0.2) is 0 Å². The highest BCUT2D eigenvalue weighted by molar-refractivity contribution is 7.20. The van der Waals surface area contributed by atoms with E-state index < -0.39 is 5.97 Å². The average molecular weight is 267 g/mol. The van der Waals surface area contributed by atoms with Crippen LogP contribution in [0.5, 0.6) is 0 Å². The van der Waals surface area contributed by atoms with Gasteiger partial charge in [-0.25, -0.2) is 14.8 Å². The first-order valence-electron chi connectivity index (χ1n) is 5.35. The fourth-order valence-electron chi connectivity index (χ4n) is 1.80. The van der Waals surface area contributed by atoms with Crippen LogP contribution in [-0.2, 0) is 0 Å². The summed E-state index contributed by atoms with van der Waals surface area (Å²) in [5, 5.41) is 18.8. The van der Waals surface area contributed by atoms with Gasteiger partial charge < -0.3 is 15.1 Å². The summed E-state index contributed by atoms with van der Waals surface area (Å²) < 4.78 is 0. The van der Waals surface area contributed by atoms with Gasteiger partial charge in [0.2, 0.25) is 0 Å². The largest absolute Gasteiger partial charge is 0.477 e. The van der Waals surface area contributed by atoms with Crippen LogP contribution in [0.2, 0.25) is 0 Å². The number of rotatable bonds is 4. The molecule has 0 aliphatic carbocycles. The van der Waals surface area contributed by atoms with Crippen molar-refractivity contribution in [2.45, 2.75) is 6.92 Å². The minimum atomic E-state index is -0.953. The molecule has 0 amide bonds. The molecule has 0 aromatic carbocycles. The second kappa shape index (κ2) is 4.87. The van der Waals surface area contributed by atoms with Crippen molar-refractivity contribution in [1.29, 1.82) is 0 Å². The van der Waals surface area contributed by atoms with Crippen LogP contribution in [0, 0.1) is 6.92 Å². The molecule has 2 aromatic rings. The lowest BCUT2D eigenvalue weighted by atomic mass is 10.2. The number of aromatic carboxylic acids is 1. The summed E-state index contributed by atoms with van der Waals surface area (Å²) in [5.41, 5.74) is 0.669. The molecule has 2 rings (SSSR count). The first-order chi connectivity index (χ1) is 8.56. The van der Waals surface area contributed by atoms with Crippen molar-refractivity contribution in [2.24, 2.45) is 0 Å². The van der Waals surface area contributed by atoms with Gasteiger partial charge in [-0.15, -0.1) is 11.3 Å². The Labute approximate surface area is 108 Å². The first-order valence-corrected chi connectivity index (χ1v) is 6.17. The lowest BCUT2D eigenvalue weighted by Crippen LogP contribution is -2.22. The number of aryl methyl sites for hydroxylation is 1. The minimum absolute atomic E-state index is 0.0109. The van der Waals surface area contributed by atoms with E-state index in [4.69, 9.17) is 10.2 Å². The number of hydrogen-bond donors (Lipinski definition) is 2. The molecular weight excluding hydrogens is 254 g/mol. The summed E-state index contributed by atoms with van der Waals surface area (Å²) in [6.45, 7) is 2.20. The third kappa shape index (κ3) is 2.02. The number of fused-ring (bicyclic) bond motifs is 1. The van der Waals surface area contributed by atoms with E-state index in [1.807, 2.05) is 0 Å². The van der Waals surface area contributed by atoms with E-state index in [0.717, 1.165) is 16.7 Å². The number of aliphatic hydroxyl groups is 1. The van der Waals surface area contributed by atoms with Crippen molar-refractivity contribution in [1.82, 2.24) is 9.97 Å². The maximum absolute atomic E-state index is 11.1. The minimum Gasteiger partial charge on any atom is -0.477 e. The number of thiophene rings is 1. The fraction of sp³-hybridized carbons (Fsp3) is 0.364. The van der Waals surface area contributed by atoms with Gasteiger partial charge in [-0.2, -0.15) is 0 Å².